The molecule has 19 heavy (non-hydrogen) atoms. The van der Waals surface area contributed by atoms with Crippen LogP contribution in [0.25, 0.3) is 0 Å². The van der Waals surface area contributed by atoms with E-state index in [1.807, 2.05) is 30.3 Å². The lowest BCUT2D eigenvalue weighted by Gasteiger charge is -2.13. The van der Waals surface area contributed by atoms with Crippen molar-refractivity contribution in [2.45, 2.75) is 19.6 Å². The molecule has 0 aromatic heterocycles. The summed E-state index contributed by atoms with van der Waals surface area (Å²) in [5.74, 6) is -0.290. The normalized spacial score (nSPS) is 11.6. The molecule has 0 bridgehead atoms. The van der Waals surface area contributed by atoms with Gasteiger partial charge in [-0.2, -0.15) is 0 Å². The van der Waals surface area contributed by atoms with Crippen molar-refractivity contribution >= 4 is 23.8 Å². The van der Waals surface area contributed by atoms with E-state index in [-0.39, 0.29) is 18.4 Å². The van der Waals surface area contributed by atoms with Gasteiger partial charge in [0.2, 0.25) is 0 Å². The van der Waals surface area contributed by atoms with E-state index < -0.39 is 12.1 Å². The van der Waals surface area contributed by atoms with Gasteiger partial charge < -0.3 is 15.2 Å². The molecule has 0 saturated carbocycles. The molecular formula is C13H17NO4S. The summed E-state index contributed by atoms with van der Waals surface area (Å²) < 4.78 is 5.05. The second-order valence-corrected chi connectivity index (χ2v) is 5.05. The Morgan fingerprint density at radius 3 is 2.68 bits per heavy atom. The summed E-state index contributed by atoms with van der Waals surface area (Å²) in [6.07, 6.45) is -0.493. The third kappa shape index (κ3) is 7.35. The third-order valence-corrected chi connectivity index (χ3v) is 3.36. The number of thioether (sulfide) groups is 1. The molecule has 0 spiro atoms. The van der Waals surface area contributed by atoms with Gasteiger partial charge in [0.1, 0.15) is 6.61 Å². The first-order valence-corrected chi connectivity index (χ1v) is 7.00. The lowest BCUT2D eigenvalue weighted by molar-refractivity contribution is -0.133. The maximum Gasteiger partial charge on any atom is 0.407 e. The van der Waals surface area contributed by atoms with Crippen LogP contribution in [-0.2, 0) is 16.1 Å². The van der Waals surface area contributed by atoms with Crippen molar-refractivity contribution in [2.75, 3.05) is 11.5 Å². The number of carboxylic acid groups (broad SMARTS) is 1. The molecule has 0 aliphatic heterocycles. The highest BCUT2D eigenvalue weighted by atomic mass is 32.2. The number of aliphatic carboxylic acids is 1. The van der Waals surface area contributed by atoms with Gasteiger partial charge in [-0.15, -0.1) is 11.8 Å². The summed E-state index contributed by atoms with van der Waals surface area (Å²) in [4.78, 5) is 21.8. The summed E-state index contributed by atoms with van der Waals surface area (Å²) in [6.45, 7) is 2.03. The molecule has 1 rings (SSSR count). The van der Waals surface area contributed by atoms with Crippen molar-refractivity contribution in [1.82, 2.24) is 5.32 Å². The van der Waals surface area contributed by atoms with Crippen molar-refractivity contribution in [3.05, 3.63) is 35.9 Å². The highest BCUT2D eigenvalue weighted by molar-refractivity contribution is 7.99. The van der Waals surface area contributed by atoms with Crippen molar-refractivity contribution in [3.63, 3.8) is 0 Å². The number of carbonyl (C=O) groups is 2. The van der Waals surface area contributed by atoms with Crippen molar-refractivity contribution in [2.24, 2.45) is 0 Å². The number of hydrogen-bond donors (Lipinski definition) is 2. The van der Waals surface area contributed by atoms with Gasteiger partial charge in [-0.1, -0.05) is 30.3 Å². The fraction of sp³-hybridized carbons (Fsp3) is 0.385. The second-order valence-electron chi connectivity index (χ2n) is 4.02. The highest BCUT2D eigenvalue weighted by Crippen LogP contribution is 2.04. The molecule has 1 aromatic carbocycles. The van der Waals surface area contributed by atoms with Gasteiger partial charge in [-0.25, -0.2) is 4.79 Å². The van der Waals surface area contributed by atoms with Crippen LogP contribution in [0.2, 0.25) is 0 Å². The summed E-state index contributed by atoms with van der Waals surface area (Å²) >= 11 is 1.26. The zero-order valence-corrected chi connectivity index (χ0v) is 11.5. The largest absolute Gasteiger partial charge is 0.481 e. The summed E-state index contributed by atoms with van der Waals surface area (Å²) in [5, 5.41) is 11.1. The van der Waals surface area contributed by atoms with E-state index in [1.54, 1.807) is 6.92 Å². The quantitative estimate of drug-likeness (QED) is 0.801. The molecule has 0 radical (unpaired) electrons. The number of nitrogens with one attached hydrogen (secondary N) is 1. The van der Waals surface area contributed by atoms with E-state index in [2.05, 4.69) is 5.32 Å². The lowest BCUT2D eigenvalue weighted by Crippen LogP contribution is -2.34. The van der Waals surface area contributed by atoms with Crippen LogP contribution >= 0.6 is 11.8 Å². The van der Waals surface area contributed by atoms with Crippen LogP contribution in [0.5, 0.6) is 0 Å². The summed E-state index contributed by atoms with van der Waals surface area (Å²) in [5.41, 5.74) is 0.922. The monoisotopic (exact) mass is 283 g/mol. The molecule has 5 nitrogen and oxygen atoms in total. The smallest absolute Gasteiger partial charge is 0.407 e. The first kappa shape index (κ1) is 15.4. The second kappa shape index (κ2) is 8.42. The van der Waals surface area contributed by atoms with E-state index in [4.69, 9.17) is 9.84 Å². The Morgan fingerprint density at radius 2 is 2.05 bits per heavy atom. The van der Waals surface area contributed by atoms with Crippen LogP contribution < -0.4 is 5.32 Å². The Balaban J connectivity index is 2.18. The van der Waals surface area contributed by atoms with E-state index >= 15 is 0 Å². The predicted octanol–water partition coefficient (Wildman–Crippen LogP) is 2.12. The van der Waals surface area contributed by atoms with Gasteiger partial charge in [-0.05, 0) is 12.5 Å². The summed E-state index contributed by atoms with van der Waals surface area (Å²) in [6, 6.07) is 9.26. The van der Waals surface area contributed by atoms with Crippen LogP contribution in [0, 0.1) is 0 Å². The van der Waals surface area contributed by atoms with E-state index in [0.29, 0.717) is 5.75 Å². The topological polar surface area (TPSA) is 75.6 Å². The molecule has 0 aliphatic rings. The molecule has 1 amide bonds. The molecule has 0 heterocycles. The number of hydrogen-bond acceptors (Lipinski definition) is 4. The van der Waals surface area contributed by atoms with E-state index in [0.717, 1.165) is 5.56 Å². The van der Waals surface area contributed by atoms with Crippen molar-refractivity contribution in [1.29, 1.82) is 0 Å². The lowest BCUT2D eigenvalue weighted by atomic mass is 10.2. The fourth-order valence-electron chi connectivity index (χ4n) is 1.33. The van der Waals surface area contributed by atoms with Gasteiger partial charge in [0.05, 0.1) is 5.75 Å². The Bertz CT molecular complexity index is 410. The zero-order chi connectivity index (χ0) is 14.1. The van der Waals surface area contributed by atoms with Gasteiger partial charge >= 0.3 is 12.1 Å². The number of carboxylic acids is 1. The van der Waals surface area contributed by atoms with Gasteiger partial charge in [0.15, 0.2) is 0 Å². The highest BCUT2D eigenvalue weighted by Gasteiger charge is 2.09. The van der Waals surface area contributed by atoms with Crippen LogP contribution in [0.1, 0.15) is 12.5 Å². The molecule has 1 aromatic rings. The molecular weight excluding hydrogens is 266 g/mol. The minimum absolute atomic E-state index is 0.0328. The summed E-state index contributed by atoms with van der Waals surface area (Å²) in [7, 11) is 0. The molecule has 2 N–H and O–H groups in total. The maximum atomic E-state index is 11.5. The molecule has 1 atom stereocenters. The Kier molecular flexibility index (Phi) is 6.81. The Hall–Kier alpha value is -1.69. The number of rotatable bonds is 7. The molecule has 0 fully saturated rings. The predicted molar refractivity (Wildman–Crippen MR) is 74.2 cm³/mol. The maximum absolute atomic E-state index is 11.5. The van der Waals surface area contributed by atoms with Gasteiger partial charge in [0.25, 0.3) is 0 Å². The first-order chi connectivity index (χ1) is 9.08. The van der Waals surface area contributed by atoms with Crippen LogP contribution in [0.15, 0.2) is 30.3 Å². The number of carbonyl (C=O) groups excluding carboxylic acids is 1. The average Bonchev–Trinajstić information content (AvgIpc) is 2.37. The molecule has 0 aliphatic carbocycles. The standard InChI is InChI=1S/C13H17NO4S/c1-10(8-19-9-12(15)16)14-13(17)18-7-11-5-3-2-4-6-11/h2-6,10H,7-9H2,1H3,(H,14,17)(H,15,16). The third-order valence-electron chi connectivity index (χ3n) is 2.17. The Morgan fingerprint density at radius 1 is 1.37 bits per heavy atom. The molecule has 104 valence electrons. The van der Waals surface area contributed by atoms with E-state index in [1.165, 1.54) is 11.8 Å². The number of alkyl carbamates (subject to hydrolysis) is 1. The van der Waals surface area contributed by atoms with Crippen LogP contribution in [0.3, 0.4) is 0 Å². The van der Waals surface area contributed by atoms with Crippen LogP contribution in [-0.4, -0.2) is 34.7 Å². The number of amides is 1. The van der Waals surface area contributed by atoms with E-state index in [9.17, 15) is 9.59 Å². The fourth-order valence-corrected chi connectivity index (χ4v) is 2.06. The van der Waals surface area contributed by atoms with Crippen molar-refractivity contribution in [3.8, 4) is 0 Å². The van der Waals surface area contributed by atoms with Gasteiger partial charge in [-0.3, -0.25) is 4.79 Å². The molecule has 6 heteroatoms. The van der Waals surface area contributed by atoms with Gasteiger partial charge in [0, 0.05) is 11.8 Å². The first-order valence-electron chi connectivity index (χ1n) is 5.84. The van der Waals surface area contributed by atoms with Crippen molar-refractivity contribution < 1.29 is 19.4 Å². The van der Waals surface area contributed by atoms with Crippen LogP contribution in [0.4, 0.5) is 4.79 Å². The SMILES string of the molecule is CC(CSCC(=O)O)NC(=O)OCc1ccccc1. The Labute approximate surface area is 116 Å². The minimum Gasteiger partial charge on any atom is -0.481 e. The number of benzene rings is 1. The number of ether oxygens (including phenoxy) is 1. The average molecular weight is 283 g/mol. The minimum atomic E-state index is -0.858. The molecule has 1 unspecified atom stereocenters. The zero-order valence-electron chi connectivity index (χ0n) is 10.7. The molecule has 0 saturated heterocycles.